The second kappa shape index (κ2) is 6.28. The Hall–Kier alpha value is -1.53. The smallest absolute Gasteiger partial charge is 0.222 e. The van der Waals surface area contributed by atoms with Gasteiger partial charge in [0.25, 0.3) is 0 Å². The number of carbonyl (C=O) groups excluding carboxylic acids is 1. The van der Waals surface area contributed by atoms with E-state index in [0.717, 1.165) is 6.07 Å². The molecule has 1 heterocycles. The van der Waals surface area contributed by atoms with Crippen molar-refractivity contribution in [2.45, 2.75) is 6.54 Å². The van der Waals surface area contributed by atoms with Crippen molar-refractivity contribution >= 4 is 5.91 Å². The van der Waals surface area contributed by atoms with Crippen LogP contribution in [-0.2, 0) is 16.1 Å². The molecule has 0 bridgehead atoms. The van der Waals surface area contributed by atoms with E-state index in [-0.39, 0.29) is 29.9 Å². The molecule has 0 radical (unpaired) electrons. The summed E-state index contributed by atoms with van der Waals surface area (Å²) >= 11 is 0. The van der Waals surface area contributed by atoms with Crippen molar-refractivity contribution in [3.8, 4) is 0 Å². The van der Waals surface area contributed by atoms with Gasteiger partial charge in [0.2, 0.25) is 5.91 Å². The van der Waals surface area contributed by atoms with Crippen molar-refractivity contribution in [3.63, 3.8) is 0 Å². The summed E-state index contributed by atoms with van der Waals surface area (Å²) in [5.74, 6) is -2.39. The molecule has 4 nitrogen and oxygen atoms in total. The Morgan fingerprint density at radius 3 is 2.85 bits per heavy atom. The number of carbonyl (C=O) groups is 1. The summed E-state index contributed by atoms with van der Waals surface area (Å²) in [7, 11) is 1.56. The van der Waals surface area contributed by atoms with Gasteiger partial charge in [-0.2, -0.15) is 0 Å². The van der Waals surface area contributed by atoms with Crippen LogP contribution >= 0.6 is 0 Å². The van der Waals surface area contributed by atoms with Gasteiger partial charge in [-0.15, -0.1) is 0 Å². The van der Waals surface area contributed by atoms with Gasteiger partial charge >= 0.3 is 0 Å². The summed E-state index contributed by atoms with van der Waals surface area (Å²) in [6, 6.07) is 4.10. The summed E-state index contributed by atoms with van der Waals surface area (Å²) in [5, 5.41) is 0. The van der Waals surface area contributed by atoms with Crippen LogP contribution in [0.15, 0.2) is 18.2 Å². The normalized spacial score (nSPS) is 23.1. The average molecular weight is 284 g/mol. The average Bonchev–Trinajstić information content (AvgIpc) is 2.79. The van der Waals surface area contributed by atoms with E-state index in [1.165, 1.54) is 6.07 Å². The van der Waals surface area contributed by atoms with E-state index in [4.69, 9.17) is 10.5 Å². The summed E-state index contributed by atoms with van der Waals surface area (Å²) in [6.45, 7) is 1.71. The zero-order chi connectivity index (χ0) is 14.7. The Labute approximate surface area is 116 Å². The highest BCUT2D eigenvalue weighted by Gasteiger charge is 2.36. The number of nitrogens with two attached hydrogens (primary N) is 1. The predicted octanol–water partition coefficient (Wildman–Crippen LogP) is 1.14. The topological polar surface area (TPSA) is 55.6 Å². The monoisotopic (exact) mass is 284 g/mol. The molecule has 1 aliphatic heterocycles. The van der Waals surface area contributed by atoms with Gasteiger partial charge in [0, 0.05) is 38.2 Å². The quantitative estimate of drug-likeness (QED) is 0.882. The third kappa shape index (κ3) is 3.13. The van der Waals surface area contributed by atoms with E-state index in [0.29, 0.717) is 19.7 Å². The van der Waals surface area contributed by atoms with Gasteiger partial charge in [-0.1, -0.05) is 12.1 Å². The van der Waals surface area contributed by atoms with Crippen molar-refractivity contribution in [1.82, 2.24) is 4.90 Å². The van der Waals surface area contributed by atoms with Gasteiger partial charge in [-0.25, -0.2) is 8.78 Å². The maximum absolute atomic E-state index is 13.6. The molecule has 0 aromatic heterocycles. The van der Waals surface area contributed by atoms with Crippen LogP contribution in [0.4, 0.5) is 8.78 Å². The Bertz CT molecular complexity index is 496. The van der Waals surface area contributed by atoms with Crippen molar-refractivity contribution in [1.29, 1.82) is 0 Å². The maximum atomic E-state index is 13.6. The van der Waals surface area contributed by atoms with E-state index in [9.17, 15) is 13.6 Å². The van der Waals surface area contributed by atoms with Crippen LogP contribution in [0.5, 0.6) is 0 Å². The summed E-state index contributed by atoms with van der Waals surface area (Å²) in [5.41, 5.74) is 5.66. The molecule has 0 spiro atoms. The minimum Gasteiger partial charge on any atom is -0.384 e. The van der Waals surface area contributed by atoms with Gasteiger partial charge < -0.3 is 10.5 Å². The fourth-order valence-corrected chi connectivity index (χ4v) is 2.71. The van der Waals surface area contributed by atoms with E-state index in [2.05, 4.69) is 0 Å². The van der Waals surface area contributed by atoms with Gasteiger partial charge in [0.05, 0.1) is 12.5 Å². The van der Waals surface area contributed by atoms with E-state index < -0.39 is 11.6 Å². The van der Waals surface area contributed by atoms with Crippen LogP contribution in [0, 0.1) is 23.5 Å². The van der Waals surface area contributed by atoms with Crippen molar-refractivity contribution in [3.05, 3.63) is 35.4 Å². The van der Waals surface area contributed by atoms with Crippen molar-refractivity contribution in [2.24, 2.45) is 17.6 Å². The number of likely N-dealkylation sites (tertiary alicyclic amines) is 1. The molecule has 110 valence electrons. The fraction of sp³-hybridized carbons (Fsp3) is 0.500. The number of rotatable bonds is 5. The molecular weight excluding hydrogens is 266 g/mol. The molecule has 1 aromatic carbocycles. The molecule has 2 N–H and O–H groups in total. The zero-order valence-electron chi connectivity index (χ0n) is 11.3. The van der Waals surface area contributed by atoms with E-state index in [1.807, 2.05) is 4.90 Å². The SMILES string of the molecule is COC[C@@H]1CN(Cc2cccc(F)c2F)C[C@H]1C(N)=O. The molecule has 0 unspecified atom stereocenters. The van der Waals surface area contributed by atoms with Gasteiger partial charge in [0.15, 0.2) is 11.6 Å². The number of nitrogens with zero attached hydrogens (tertiary/aromatic N) is 1. The van der Waals surface area contributed by atoms with Crippen LogP contribution < -0.4 is 5.73 Å². The molecule has 20 heavy (non-hydrogen) atoms. The summed E-state index contributed by atoms with van der Waals surface area (Å²) in [6.07, 6.45) is 0. The first-order valence-electron chi connectivity index (χ1n) is 6.46. The number of ether oxygens (including phenoxy) is 1. The number of hydrogen-bond acceptors (Lipinski definition) is 3. The number of primary amides is 1. The standard InChI is InChI=1S/C14H18F2N2O2/c1-20-8-10-6-18(7-11(10)14(17)19)5-9-3-2-4-12(15)13(9)16/h2-4,10-11H,5-8H2,1H3,(H2,17,19)/t10-,11+/m0/s1. The van der Waals surface area contributed by atoms with E-state index in [1.54, 1.807) is 13.2 Å². The maximum Gasteiger partial charge on any atom is 0.222 e. The largest absolute Gasteiger partial charge is 0.384 e. The first-order valence-corrected chi connectivity index (χ1v) is 6.46. The molecule has 0 aliphatic carbocycles. The molecule has 2 rings (SSSR count). The first-order chi connectivity index (χ1) is 9.52. The molecule has 1 aliphatic rings. The molecular formula is C14H18F2N2O2. The number of amides is 1. The molecule has 1 saturated heterocycles. The lowest BCUT2D eigenvalue weighted by Gasteiger charge is -2.16. The van der Waals surface area contributed by atoms with Gasteiger partial charge in [0.1, 0.15) is 0 Å². The second-order valence-corrected chi connectivity index (χ2v) is 5.13. The van der Waals surface area contributed by atoms with Crippen LogP contribution in [0.2, 0.25) is 0 Å². The zero-order valence-corrected chi connectivity index (χ0v) is 11.3. The lowest BCUT2D eigenvalue weighted by molar-refractivity contribution is -0.123. The number of methoxy groups -OCH3 is 1. The number of benzene rings is 1. The molecule has 2 atom stereocenters. The van der Waals surface area contributed by atoms with Gasteiger partial charge in [-0.05, 0) is 6.07 Å². The number of hydrogen-bond donors (Lipinski definition) is 1. The Morgan fingerprint density at radius 2 is 2.20 bits per heavy atom. The Kier molecular flexibility index (Phi) is 4.67. The third-order valence-corrected chi connectivity index (χ3v) is 3.69. The Morgan fingerprint density at radius 1 is 1.45 bits per heavy atom. The van der Waals surface area contributed by atoms with Crippen LogP contribution in [-0.4, -0.2) is 37.6 Å². The highest BCUT2D eigenvalue weighted by molar-refractivity contribution is 5.77. The minimum absolute atomic E-state index is 0.00544. The van der Waals surface area contributed by atoms with Crippen molar-refractivity contribution < 1.29 is 18.3 Å². The molecule has 1 aromatic rings. The highest BCUT2D eigenvalue weighted by atomic mass is 19.2. The van der Waals surface area contributed by atoms with E-state index >= 15 is 0 Å². The molecule has 1 amide bonds. The van der Waals surface area contributed by atoms with Crippen molar-refractivity contribution in [2.75, 3.05) is 26.8 Å². The number of halogens is 2. The molecule has 6 heteroatoms. The lowest BCUT2D eigenvalue weighted by Crippen LogP contribution is -2.31. The van der Waals surface area contributed by atoms with Crippen LogP contribution in [0.3, 0.4) is 0 Å². The minimum atomic E-state index is -0.860. The third-order valence-electron chi connectivity index (χ3n) is 3.69. The molecule has 1 fully saturated rings. The summed E-state index contributed by atoms with van der Waals surface area (Å²) in [4.78, 5) is 13.3. The lowest BCUT2D eigenvalue weighted by atomic mass is 9.96. The predicted molar refractivity (Wildman–Crippen MR) is 69.7 cm³/mol. The first kappa shape index (κ1) is 14.9. The van der Waals surface area contributed by atoms with Gasteiger partial charge in [-0.3, -0.25) is 9.69 Å². The Balaban J connectivity index is 2.07. The van der Waals surface area contributed by atoms with Crippen LogP contribution in [0.25, 0.3) is 0 Å². The highest BCUT2D eigenvalue weighted by Crippen LogP contribution is 2.26. The second-order valence-electron chi connectivity index (χ2n) is 5.13. The molecule has 0 saturated carbocycles. The fourth-order valence-electron chi connectivity index (χ4n) is 2.71. The summed E-state index contributed by atoms with van der Waals surface area (Å²) < 4.78 is 31.9. The van der Waals surface area contributed by atoms with Crippen LogP contribution in [0.1, 0.15) is 5.56 Å².